The van der Waals surface area contributed by atoms with E-state index in [9.17, 15) is 4.79 Å². The van der Waals surface area contributed by atoms with Crippen LogP contribution in [0.25, 0.3) is 0 Å². The van der Waals surface area contributed by atoms with E-state index in [0.29, 0.717) is 5.92 Å². The number of nitrogens with zero attached hydrogens (tertiary/aromatic N) is 1. The van der Waals surface area contributed by atoms with Crippen molar-refractivity contribution in [3.63, 3.8) is 0 Å². The lowest BCUT2D eigenvalue weighted by molar-refractivity contribution is -0.125. The average Bonchev–Trinajstić information content (AvgIpc) is 2.44. The number of carbonyl (C=O) groups excluding carboxylic acids is 1. The molecule has 4 heteroatoms. The van der Waals surface area contributed by atoms with Crippen LogP contribution >= 0.6 is 0 Å². The van der Waals surface area contributed by atoms with Crippen molar-refractivity contribution in [3.05, 3.63) is 0 Å². The van der Waals surface area contributed by atoms with Gasteiger partial charge in [-0.1, -0.05) is 6.92 Å². The highest BCUT2D eigenvalue weighted by Crippen LogP contribution is 2.16. The molecule has 0 aromatic heterocycles. The van der Waals surface area contributed by atoms with E-state index in [1.165, 1.54) is 0 Å². The molecule has 13 heavy (non-hydrogen) atoms. The summed E-state index contributed by atoms with van der Waals surface area (Å²) in [5, 5.41) is 2.65. The molecule has 1 aliphatic rings. The van der Waals surface area contributed by atoms with Crippen LogP contribution in [0.1, 0.15) is 13.8 Å². The van der Waals surface area contributed by atoms with E-state index in [4.69, 9.17) is 5.73 Å². The maximum Gasteiger partial charge on any atom is 0.236 e. The van der Waals surface area contributed by atoms with Crippen LogP contribution in [0.2, 0.25) is 0 Å². The van der Waals surface area contributed by atoms with Crippen LogP contribution in [-0.2, 0) is 4.79 Å². The Morgan fingerprint density at radius 1 is 1.62 bits per heavy atom. The Balaban J connectivity index is 2.50. The summed E-state index contributed by atoms with van der Waals surface area (Å²) < 4.78 is 0. The largest absolute Gasteiger partial charge is 0.358 e. The third-order valence-electron chi connectivity index (χ3n) is 2.87. The van der Waals surface area contributed by atoms with Gasteiger partial charge in [0.25, 0.3) is 0 Å². The van der Waals surface area contributed by atoms with Gasteiger partial charge in [0.1, 0.15) is 0 Å². The van der Waals surface area contributed by atoms with E-state index in [1.54, 1.807) is 7.05 Å². The SMILES string of the molecule is CNC(=O)C(C)N1CC(C)C(N)C1. The number of carbonyl (C=O) groups is 1. The van der Waals surface area contributed by atoms with Crippen LogP contribution in [0.4, 0.5) is 0 Å². The summed E-state index contributed by atoms with van der Waals surface area (Å²) in [6.45, 7) is 5.80. The molecule has 3 unspecified atom stereocenters. The Morgan fingerprint density at radius 2 is 2.23 bits per heavy atom. The molecule has 3 N–H and O–H groups in total. The number of likely N-dealkylation sites (N-methyl/N-ethyl adjacent to an activating group) is 1. The Labute approximate surface area is 79.5 Å². The molecule has 4 nitrogen and oxygen atoms in total. The molecule has 1 saturated heterocycles. The summed E-state index contributed by atoms with van der Waals surface area (Å²) in [4.78, 5) is 13.5. The Morgan fingerprint density at radius 3 is 2.62 bits per heavy atom. The van der Waals surface area contributed by atoms with Gasteiger partial charge in [0, 0.05) is 26.2 Å². The quantitative estimate of drug-likeness (QED) is 0.604. The molecule has 0 spiro atoms. The second-order valence-electron chi connectivity index (χ2n) is 3.89. The third kappa shape index (κ3) is 2.19. The lowest BCUT2D eigenvalue weighted by Crippen LogP contribution is -2.43. The van der Waals surface area contributed by atoms with E-state index >= 15 is 0 Å². The van der Waals surface area contributed by atoms with Crippen molar-refractivity contribution in [2.75, 3.05) is 20.1 Å². The number of nitrogens with one attached hydrogen (secondary N) is 1. The summed E-state index contributed by atoms with van der Waals surface area (Å²) >= 11 is 0. The molecule has 0 saturated carbocycles. The molecule has 0 radical (unpaired) electrons. The van der Waals surface area contributed by atoms with E-state index in [0.717, 1.165) is 13.1 Å². The topological polar surface area (TPSA) is 58.4 Å². The van der Waals surface area contributed by atoms with Gasteiger partial charge in [-0.15, -0.1) is 0 Å². The zero-order valence-electron chi connectivity index (χ0n) is 8.58. The van der Waals surface area contributed by atoms with Crippen molar-refractivity contribution in [1.82, 2.24) is 10.2 Å². The third-order valence-corrected chi connectivity index (χ3v) is 2.87. The summed E-state index contributed by atoms with van der Waals surface area (Å²) in [5.74, 6) is 0.563. The van der Waals surface area contributed by atoms with E-state index < -0.39 is 0 Å². The minimum Gasteiger partial charge on any atom is -0.358 e. The number of hydrogen-bond acceptors (Lipinski definition) is 3. The van der Waals surface area contributed by atoms with Crippen LogP contribution in [0.15, 0.2) is 0 Å². The molecule has 76 valence electrons. The lowest BCUT2D eigenvalue weighted by Gasteiger charge is -2.22. The van der Waals surface area contributed by atoms with Crippen molar-refractivity contribution < 1.29 is 4.79 Å². The molecule has 0 aromatic rings. The molecule has 1 aliphatic heterocycles. The number of amides is 1. The fourth-order valence-corrected chi connectivity index (χ4v) is 1.72. The van der Waals surface area contributed by atoms with E-state index in [2.05, 4.69) is 17.1 Å². The number of hydrogen-bond donors (Lipinski definition) is 2. The van der Waals surface area contributed by atoms with Crippen molar-refractivity contribution in [2.45, 2.75) is 25.9 Å². The standard InChI is InChI=1S/C9H19N3O/c1-6-4-12(5-8(6)10)7(2)9(13)11-3/h6-8H,4-5,10H2,1-3H3,(H,11,13). The predicted molar refractivity (Wildman–Crippen MR) is 52.2 cm³/mol. The first-order valence-corrected chi connectivity index (χ1v) is 4.77. The fraction of sp³-hybridized carbons (Fsp3) is 0.889. The molecule has 1 rings (SSSR count). The van der Waals surface area contributed by atoms with Crippen LogP contribution in [0.5, 0.6) is 0 Å². The molecule has 1 amide bonds. The Bertz CT molecular complexity index is 185. The molecule has 0 aromatic carbocycles. The molecule has 3 atom stereocenters. The smallest absolute Gasteiger partial charge is 0.236 e. The number of nitrogens with two attached hydrogens (primary N) is 1. The number of rotatable bonds is 2. The van der Waals surface area contributed by atoms with Gasteiger partial charge in [-0.3, -0.25) is 9.69 Å². The fourth-order valence-electron chi connectivity index (χ4n) is 1.72. The number of likely N-dealkylation sites (tertiary alicyclic amines) is 1. The first-order valence-electron chi connectivity index (χ1n) is 4.77. The Hall–Kier alpha value is -0.610. The van der Waals surface area contributed by atoms with E-state index in [1.807, 2.05) is 6.92 Å². The highest BCUT2D eigenvalue weighted by atomic mass is 16.2. The molecule has 1 heterocycles. The predicted octanol–water partition coefficient (Wildman–Crippen LogP) is -0.600. The van der Waals surface area contributed by atoms with Crippen molar-refractivity contribution in [2.24, 2.45) is 11.7 Å². The van der Waals surface area contributed by atoms with Gasteiger partial charge in [0.2, 0.25) is 5.91 Å². The average molecular weight is 185 g/mol. The molecule has 0 aliphatic carbocycles. The zero-order valence-corrected chi connectivity index (χ0v) is 8.58. The van der Waals surface area contributed by atoms with E-state index in [-0.39, 0.29) is 18.0 Å². The maximum absolute atomic E-state index is 11.3. The summed E-state index contributed by atoms with van der Waals surface area (Å²) in [7, 11) is 1.66. The second kappa shape index (κ2) is 4.07. The van der Waals surface area contributed by atoms with Crippen molar-refractivity contribution >= 4 is 5.91 Å². The van der Waals surface area contributed by atoms with Gasteiger partial charge >= 0.3 is 0 Å². The highest BCUT2D eigenvalue weighted by Gasteiger charge is 2.31. The normalized spacial score (nSPS) is 31.7. The monoisotopic (exact) mass is 185 g/mol. The van der Waals surface area contributed by atoms with Crippen LogP contribution < -0.4 is 11.1 Å². The Kier molecular flexibility index (Phi) is 3.27. The minimum absolute atomic E-state index is 0.0546. The van der Waals surface area contributed by atoms with Gasteiger partial charge < -0.3 is 11.1 Å². The molecule has 0 bridgehead atoms. The summed E-state index contributed by atoms with van der Waals surface area (Å²) in [6, 6.07) is 0.160. The van der Waals surface area contributed by atoms with Gasteiger partial charge in [0.15, 0.2) is 0 Å². The minimum atomic E-state index is -0.0546. The zero-order chi connectivity index (χ0) is 10.0. The summed E-state index contributed by atoms with van der Waals surface area (Å²) in [6.07, 6.45) is 0. The molecular formula is C9H19N3O. The van der Waals surface area contributed by atoms with Crippen LogP contribution in [0, 0.1) is 5.92 Å². The van der Waals surface area contributed by atoms with Crippen molar-refractivity contribution in [1.29, 1.82) is 0 Å². The van der Waals surface area contributed by atoms with Gasteiger partial charge in [-0.05, 0) is 12.8 Å². The maximum atomic E-state index is 11.3. The summed E-state index contributed by atoms with van der Waals surface area (Å²) in [5.41, 5.74) is 5.87. The van der Waals surface area contributed by atoms with Gasteiger partial charge in [-0.2, -0.15) is 0 Å². The lowest BCUT2D eigenvalue weighted by atomic mass is 10.1. The second-order valence-corrected chi connectivity index (χ2v) is 3.89. The van der Waals surface area contributed by atoms with Crippen LogP contribution in [0.3, 0.4) is 0 Å². The first kappa shape index (κ1) is 10.5. The highest BCUT2D eigenvalue weighted by molar-refractivity contribution is 5.81. The molecular weight excluding hydrogens is 166 g/mol. The molecule has 1 fully saturated rings. The van der Waals surface area contributed by atoms with Crippen LogP contribution in [-0.4, -0.2) is 43.0 Å². The van der Waals surface area contributed by atoms with Crippen molar-refractivity contribution in [3.8, 4) is 0 Å². The first-order chi connectivity index (χ1) is 6.06. The van der Waals surface area contributed by atoms with Gasteiger partial charge in [-0.25, -0.2) is 0 Å². The van der Waals surface area contributed by atoms with Gasteiger partial charge in [0.05, 0.1) is 6.04 Å².